The van der Waals surface area contributed by atoms with E-state index < -0.39 is 49.5 Å². The molecule has 7 atom stereocenters. The molecule has 9 heteroatoms. The first kappa shape index (κ1) is 77.9. The van der Waals surface area contributed by atoms with Crippen LogP contribution in [0.3, 0.4) is 0 Å². The van der Waals surface area contributed by atoms with Crippen molar-refractivity contribution in [3.05, 3.63) is 12.2 Å². The molecule has 6 N–H and O–H groups in total. The maximum atomic E-state index is 13.1. The summed E-state index contributed by atoms with van der Waals surface area (Å²) >= 11 is 0. The predicted octanol–water partition coefficient (Wildman–Crippen LogP) is 19.9. The van der Waals surface area contributed by atoms with Gasteiger partial charge in [-0.1, -0.05) is 373 Å². The second-order valence-corrected chi connectivity index (χ2v) is 25.8. The van der Waals surface area contributed by atoms with Gasteiger partial charge < -0.3 is 40.3 Å². The fraction of sp³-hybridized carbons (Fsp3) is 0.958. The van der Waals surface area contributed by atoms with E-state index >= 15 is 0 Å². The monoisotopic (exact) mass is 1150 g/mol. The molecule has 0 radical (unpaired) electrons. The summed E-state index contributed by atoms with van der Waals surface area (Å²) in [6, 6.07) is -0.802. The Bertz CT molecular complexity index is 1280. The van der Waals surface area contributed by atoms with Gasteiger partial charge >= 0.3 is 0 Å². The predicted molar refractivity (Wildman–Crippen MR) is 346 cm³/mol. The normalized spacial score (nSPS) is 18.3. The third kappa shape index (κ3) is 50.8. The molecule has 1 heterocycles. The summed E-state index contributed by atoms with van der Waals surface area (Å²) in [5, 5.41) is 54.8. The second kappa shape index (κ2) is 62.0. The van der Waals surface area contributed by atoms with E-state index in [0.717, 1.165) is 38.5 Å². The van der Waals surface area contributed by atoms with Crippen LogP contribution >= 0.6 is 0 Å². The van der Waals surface area contributed by atoms with E-state index in [2.05, 4.69) is 19.2 Å². The Balaban J connectivity index is 2.10. The van der Waals surface area contributed by atoms with Crippen LogP contribution in [0, 0.1) is 0 Å². The van der Waals surface area contributed by atoms with Gasteiger partial charge in [0.05, 0.1) is 25.4 Å². The minimum Gasteiger partial charge on any atom is -0.394 e. The molecule has 1 fully saturated rings. The van der Waals surface area contributed by atoms with Crippen LogP contribution < -0.4 is 5.32 Å². The van der Waals surface area contributed by atoms with Gasteiger partial charge in [-0.15, -0.1) is 0 Å². The van der Waals surface area contributed by atoms with Crippen LogP contribution in [0.4, 0.5) is 0 Å². The van der Waals surface area contributed by atoms with Crippen molar-refractivity contribution in [2.45, 2.75) is 429 Å². The van der Waals surface area contributed by atoms with E-state index in [1.54, 1.807) is 6.08 Å². The highest BCUT2D eigenvalue weighted by Crippen LogP contribution is 2.24. The zero-order valence-electron chi connectivity index (χ0n) is 54.1. The van der Waals surface area contributed by atoms with Crippen molar-refractivity contribution in [2.24, 2.45) is 0 Å². The van der Waals surface area contributed by atoms with Crippen LogP contribution in [0.2, 0.25) is 0 Å². The molecule has 482 valence electrons. The number of hydrogen-bond acceptors (Lipinski definition) is 8. The van der Waals surface area contributed by atoms with E-state index in [4.69, 9.17) is 9.47 Å². The Morgan fingerprint density at radius 2 is 0.679 bits per heavy atom. The standard InChI is InChI=1S/C72H141NO8/c1-3-5-7-9-11-13-15-17-19-21-23-25-27-29-31-32-33-34-36-37-39-41-43-45-47-49-51-53-55-57-59-61-66(75)65(64-80-72-71(79)70(78)69(77)67(63-74)81-72)73-68(76)62-60-58-56-54-52-50-48-46-44-42-40-38-35-30-28-26-24-22-20-18-16-14-12-10-8-6-4-2/h59,61,65-67,69-72,74-75,77-79H,3-58,60,62-64H2,1-2H3,(H,73,76)/b61-59+. The second-order valence-electron chi connectivity index (χ2n) is 25.8. The fourth-order valence-corrected chi connectivity index (χ4v) is 12.2. The number of aliphatic hydroxyl groups excluding tert-OH is 5. The lowest BCUT2D eigenvalue weighted by atomic mass is 9.99. The average Bonchev–Trinajstić information content (AvgIpc) is 3.47. The fourth-order valence-electron chi connectivity index (χ4n) is 12.2. The minimum absolute atomic E-state index is 0.166. The summed E-state index contributed by atoms with van der Waals surface area (Å²) in [6.07, 6.45) is 73.3. The Labute approximate surface area is 503 Å². The lowest BCUT2D eigenvalue weighted by molar-refractivity contribution is -0.302. The topological polar surface area (TPSA) is 149 Å². The van der Waals surface area contributed by atoms with Crippen LogP contribution in [-0.2, 0) is 14.3 Å². The molecule has 1 rings (SSSR count). The molecule has 9 nitrogen and oxygen atoms in total. The maximum absolute atomic E-state index is 13.1. The lowest BCUT2D eigenvalue weighted by Gasteiger charge is -2.40. The molecule has 7 unspecified atom stereocenters. The molecular weight excluding hydrogens is 1010 g/mol. The van der Waals surface area contributed by atoms with Crippen molar-refractivity contribution in [3.63, 3.8) is 0 Å². The molecule has 0 bridgehead atoms. The van der Waals surface area contributed by atoms with Gasteiger partial charge in [0.25, 0.3) is 0 Å². The molecule has 0 spiro atoms. The molecule has 1 aliphatic rings. The summed E-state index contributed by atoms with van der Waals surface area (Å²) in [4.78, 5) is 13.1. The minimum atomic E-state index is -1.56. The van der Waals surface area contributed by atoms with Gasteiger partial charge in [-0.3, -0.25) is 4.79 Å². The molecule has 1 amide bonds. The van der Waals surface area contributed by atoms with Crippen molar-refractivity contribution in [1.29, 1.82) is 0 Å². The summed E-state index contributed by atoms with van der Waals surface area (Å²) in [5.74, 6) is -0.166. The number of unbranched alkanes of at least 4 members (excludes halogenated alkanes) is 55. The van der Waals surface area contributed by atoms with Gasteiger partial charge in [0, 0.05) is 6.42 Å². The van der Waals surface area contributed by atoms with Gasteiger partial charge in [-0.25, -0.2) is 0 Å². The zero-order valence-corrected chi connectivity index (χ0v) is 54.1. The van der Waals surface area contributed by atoms with Crippen molar-refractivity contribution in [2.75, 3.05) is 13.2 Å². The molecule has 0 aliphatic carbocycles. The highest BCUT2D eigenvalue weighted by atomic mass is 16.7. The highest BCUT2D eigenvalue weighted by molar-refractivity contribution is 5.76. The summed E-state index contributed by atoms with van der Waals surface area (Å²) in [6.45, 7) is 3.85. The number of allylic oxidation sites excluding steroid dienone is 1. The number of aliphatic hydroxyl groups is 5. The molecule has 0 saturated carbocycles. The Kier molecular flexibility index (Phi) is 59.7. The maximum Gasteiger partial charge on any atom is 0.220 e. The largest absolute Gasteiger partial charge is 0.394 e. The number of rotatable bonds is 65. The molecule has 0 aromatic carbocycles. The van der Waals surface area contributed by atoms with E-state index in [-0.39, 0.29) is 12.5 Å². The van der Waals surface area contributed by atoms with Crippen LogP contribution in [-0.4, -0.2) is 87.5 Å². The van der Waals surface area contributed by atoms with Crippen molar-refractivity contribution >= 4 is 5.91 Å². The van der Waals surface area contributed by atoms with Gasteiger partial charge in [0.1, 0.15) is 24.4 Å². The SMILES string of the molecule is CCCCCCCCCCCCCCCCCCCCCCCCCCCCCCC/C=C/C(O)C(COC1OC(CO)C(O)C(O)C1O)NC(=O)CCCCCCCCCCCCCCCCCCCCCCCCCCCCC. The van der Waals surface area contributed by atoms with Crippen LogP contribution in [0.1, 0.15) is 386 Å². The zero-order chi connectivity index (χ0) is 58.6. The first-order valence-corrected chi connectivity index (χ1v) is 36.4. The number of carbonyl (C=O) groups is 1. The van der Waals surface area contributed by atoms with E-state index in [9.17, 15) is 30.3 Å². The number of nitrogens with one attached hydrogen (secondary N) is 1. The molecular formula is C72H141NO8. The average molecular weight is 1150 g/mol. The van der Waals surface area contributed by atoms with Gasteiger partial charge in [-0.2, -0.15) is 0 Å². The molecule has 1 saturated heterocycles. The first-order valence-electron chi connectivity index (χ1n) is 36.4. The summed E-state index contributed by atoms with van der Waals surface area (Å²) < 4.78 is 11.3. The molecule has 81 heavy (non-hydrogen) atoms. The van der Waals surface area contributed by atoms with Crippen molar-refractivity contribution in [1.82, 2.24) is 5.32 Å². The van der Waals surface area contributed by atoms with E-state index in [0.29, 0.717) is 6.42 Å². The van der Waals surface area contributed by atoms with E-state index in [1.165, 1.54) is 327 Å². The summed E-state index contributed by atoms with van der Waals surface area (Å²) in [7, 11) is 0. The molecule has 0 aromatic heterocycles. The molecule has 0 aromatic rings. The quantitative estimate of drug-likeness (QED) is 0.0261. The van der Waals surface area contributed by atoms with Crippen molar-refractivity contribution < 1.29 is 39.8 Å². The van der Waals surface area contributed by atoms with E-state index in [1.807, 2.05) is 6.08 Å². The Hall–Kier alpha value is -1.07. The number of ether oxygens (including phenoxy) is 2. The van der Waals surface area contributed by atoms with Crippen LogP contribution in [0.25, 0.3) is 0 Å². The Morgan fingerprint density at radius 1 is 0.407 bits per heavy atom. The number of amides is 1. The van der Waals surface area contributed by atoms with Crippen molar-refractivity contribution in [3.8, 4) is 0 Å². The number of carbonyl (C=O) groups excluding carboxylic acids is 1. The smallest absolute Gasteiger partial charge is 0.220 e. The van der Waals surface area contributed by atoms with Crippen LogP contribution in [0.5, 0.6) is 0 Å². The highest BCUT2D eigenvalue weighted by Gasteiger charge is 2.44. The van der Waals surface area contributed by atoms with Crippen LogP contribution in [0.15, 0.2) is 12.2 Å². The van der Waals surface area contributed by atoms with Gasteiger partial charge in [-0.05, 0) is 19.3 Å². The first-order chi connectivity index (χ1) is 39.8. The van der Waals surface area contributed by atoms with Gasteiger partial charge in [0.15, 0.2) is 6.29 Å². The number of hydrogen-bond donors (Lipinski definition) is 6. The van der Waals surface area contributed by atoms with Gasteiger partial charge in [0.2, 0.25) is 5.91 Å². The molecule has 1 aliphatic heterocycles. The summed E-state index contributed by atoms with van der Waals surface area (Å²) in [5.41, 5.74) is 0. The third-order valence-corrected chi connectivity index (χ3v) is 17.9. The Morgan fingerprint density at radius 3 is 0.963 bits per heavy atom. The third-order valence-electron chi connectivity index (χ3n) is 17.9. The lowest BCUT2D eigenvalue weighted by Crippen LogP contribution is -2.60.